The number of carbonyl (C=O) groups excluding carboxylic acids is 1. The number of amides is 1. The van der Waals surface area contributed by atoms with Gasteiger partial charge in [-0.25, -0.2) is 17.2 Å². The number of aryl methyl sites for hydroxylation is 1. The molecule has 1 amide bonds. The van der Waals surface area contributed by atoms with Gasteiger partial charge in [0.1, 0.15) is 11.6 Å². The van der Waals surface area contributed by atoms with E-state index in [2.05, 4.69) is 10.6 Å². The number of carbonyl (C=O) groups is 1. The first-order valence-corrected chi connectivity index (χ1v) is 10.8. The van der Waals surface area contributed by atoms with E-state index in [0.29, 0.717) is 24.8 Å². The minimum Gasteiger partial charge on any atom is -0.376 e. The van der Waals surface area contributed by atoms with Gasteiger partial charge in [-0.05, 0) is 49.6 Å². The highest BCUT2D eigenvalue weighted by Crippen LogP contribution is 2.25. The van der Waals surface area contributed by atoms with Crippen LogP contribution in [-0.2, 0) is 14.8 Å². The Hall–Kier alpha value is -2.52. The number of halogens is 2. The summed E-state index contributed by atoms with van der Waals surface area (Å²) < 4.78 is 53.8. The number of nitrogens with zero attached hydrogens (tertiary/aromatic N) is 1. The molecule has 0 unspecified atom stereocenters. The van der Waals surface area contributed by atoms with Gasteiger partial charge in [0.05, 0.1) is 17.1 Å². The average molecular weight is 423 g/mol. The summed E-state index contributed by atoms with van der Waals surface area (Å²) in [5.41, 5.74) is 1.14. The van der Waals surface area contributed by atoms with Crippen molar-refractivity contribution in [1.29, 1.82) is 0 Å². The number of nitrogens with one attached hydrogen (secondary N) is 2. The summed E-state index contributed by atoms with van der Waals surface area (Å²) in [6.45, 7) is 2.59. The molecule has 2 aromatic rings. The second-order valence-corrected chi connectivity index (χ2v) is 8.91. The minimum atomic E-state index is -3.59. The van der Waals surface area contributed by atoms with Crippen molar-refractivity contribution in [2.45, 2.75) is 31.1 Å². The molecular weight excluding hydrogens is 400 g/mol. The third-order valence-corrected chi connectivity index (χ3v) is 6.70. The van der Waals surface area contributed by atoms with Gasteiger partial charge >= 0.3 is 0 Å². The van der Waals surface area contributed by atoms with Crippen LogP contribution in [-0.4, -0.2) is 38.3 Å². The molecule has 0 saturated carbocycles. The topological polar surface area (TPSA) is 78.5 Å². The van der Waals surface area contributed by atoms with Gasteiger partial charge in [-0.15, -0.1) is 0 Å². The highest BCUT2D eigenvalue weighted by Gasteiger charge is 2.26. The first-order chi connectivity index (χ1) is 13.8. The van der Waals surface area contributed by atoms with Crippen molar-refractivity contribution < 1.29 is 22.0 Å². The van der Waals surface area contributed by atoms with Crippen LogP contribution < -0.4 is 10.6 Å². The molecule has 1 saturated heterocycles. The second kappa shape index (κ2) is 8.87. The monoisotopic (exact) mass is 423 g/mol. The largest absolute Gasteiger partial charge is 0.376 e. The Labute approximate surface area is 169 Å². The molecule has 0 aliphatic carbocycles. The minimum absolute atomic E-state index is 0.128. The van der Waals surface area contributed by atoms with Crippen molar-refractivity contribution >= 4 is 27.3 Å². The van der Waals surface area contributed by atoms with Crippen LogP contribution in [0.1, 0.15) is 24.8 Å². The quantitative estimate of drug-likeness (QED) is 0.746. The van der Waals surface area contributed by atoms with Crippen LogP contribution in [0.5, 0.6) is 0 Å². The SMILES string of the molecule is Cc1ccc(S(=O)(=O)N2CCCCC2)cc1NCC(=O)Nc1ccc(F)cc1F. The number of piperidine rings is 1. The lowest BCUT2D eigenvalue weighted by atomic mass is 10.2. The third kappa shape index (κ3) is 5.10. The number of anilines is 2. The molecule has 1 heterocycles. The summed E-state index contributed by atoms with van der Waals surface area (Å²) in [5.74, 6) is -2.15. The second-order valence-electron chi connectivity index (χ2n) is 6.97. The van der Waals surface area contributed by atoms with E-state index in [-0.39, 0.29) is 17.1 Å². The first-order valence-electron chi connectivity index (χ1n) is 9.37. The number of benzene rings is 2. The molecule has 2 aromatic carbocycles. The maximum Gasteiger partial charge on any atom is 0.243 e. The van der Waals surface area contributed by atoms with E-state index in [1.807, 2.05) is 0 Å². The molecule has 0 radical (unpaired) electrons. The van der Waals surface area contributed by atoms with Gasteiger partial charge in [-0.2, -0.15) is 4.31 Å². The molecule has 0 bridgehead atoms. The summed E-state index contributed by atoms with van der Waals surface area (Å²) in [6.07, 6.45) is 2.71. The number of hydrogen-bond acceptors (Lipinski definition) is 4. The Kier molecular flexibility index (Phi) is 6.49. The Morgan fingerprint density at radius 2 is 1.76 bits per heavy atom. The maximum absolute atomic E-state index is 13.7. The zero-order valence-corrected chi connectivity index (χ0v) is 16.9. The molecule has 6 nitrogen and oxygen atoms in total. The van der Waals surface area contributed by atoms with Crippen LogP contribution in [0.25, 0.3) is 0 Å². The van der Waals surface area contributed by atoms with E-state index >= 15 is 0 Å². The standard InChI is InChI=1S/C20H23F2N3O3S/c1-14-5-7-16(29(27,28)25-9-3-2-4-10-25)12-19(14)23-13-20(26)24-18-8-6-15(21)11-17(18)22/h5-8,11-12,23H,2-4,9-10,13H2,1H3,(H,24,26). The van der Waals surface area contributed by atoms with E-state index in [0.717, 1.165) is 37.0 Å². The van der Waals surface area contributed by atoms with Gasteiger partial charge in [0.15, 0.2) is 0 Å². The molecule has 3 rings (SSSR count). The lowest BCUT2D eigenvalue weighted by molar-refractivity contribution is -0.114. The van der Waals surface area contributed by atoms with Gasteiger partial charge in [-0.3, -0.25) is 4.79 Å². The average Bonchev–Trinajstić information content (AvgIpc) is 2.70. The van der Waals surface area contributed by atoms with Crippen LogP contribution >= 0.6 is 0 Å². The van der Waals surface area contributed by atoms with Crippen LogP contribution in [0.2, 0.25) is 0 Å². The van der Waals surface area contributed by atoms with Crippen LogP contribution in [0.4, 0.5) is 20.2 Å². The number of hydrogen-bond donors (Lipinski definition) is 2. The summed E-state index contributed by atoms with van der Waals surface area (Å²) >= 11 is 0. The maximum atomic E-state index is 13.7. The molecule has 1 aliphatic heterocycles. The lowest BCUT2D eigenvalue weighted by Crippen LogP contribution is -2.35. The fraction of sp³-hybridized carbons (Fsp3) is 0.350. The van der Waals surface area contributed by atoms with E-state index in [1.165, 1.54) is 10.4 Å². The van der Waals surface area contributed by atoms with Gasteiger partial charge in [0, 0.05) is 24.8 Å². The highest BCUT2D eigenvalue weighted by molar-refractivity contribution is 7.89. The Balaban J connectivity index is 1.69. The number of sulfonamides is 1. The molecule has 0 spiro atoms. The van der Waals surface area contributed by atoms with Crippen molar-refractivity contribution in [3.8, 4) is 0 Å². The lowest BCUT2D eigenvalue weighted by Gasteiger charge is -2.26. The van der Waals surface area contributed by atoms with E-state index < -0.39 is 27.6 Å². The summed E-state index contributed by atoms with van der Waals surface area (Å²) in [7, 11) is -3.59. The van der Waals surface area contributed by atoms with Crippen LogP contribution in [0, 0.1) is 18.6 Å². The van der Waals surface area contributed by atoms with E-state index in [9.17, 15) is 22.0 Å². The Bertz CT molecular complexity index is 1010. The smallest absolute Gasteiger partial charge is 0.243 e. The van der Waals surface area contributed by atoms with Crippen molar-refractivity contribution in [1.82, 2.24) is 4.31 Å². The summed E-state index contributed by atoms with van der Waals surface area (Å²) in [6, 6.07) is 7.60. The molecule has 2 N–H and O–H groups in total. The molecule has 0 atom stereocenters. The normalized spacial score (nSPS) is 15.1. The van der Waals surface area contributed by atoms with Crippen molar-refractivity contribution in [2.24, 2.45) is 0 Å². The van der Waals surface area contributed by atoms with Crippen LogP contribution in [0.3, 0.4) is 0 Å². The van der Waals surface area contributed by atoms with Crippen LogP contribution in [0.15, 0.2) is 41.3 Å². The van der Waals surface area contributed by atoms with Gasteiger partial charge in [0.2, 0.25) is 15.9 Å². The molecule has 9 heteroatoms. The van der Waals surface area contributed by atoms with Crippen molar-refractivity contribution in [3.63, 3.8) is 0 Å². The van der Waals surface area contributed by atoms with Gasteiger partial charge < -0.3 is 10.6 Å². The molecule has 0 aromatic heterocycles. The Morgan fingerprint density at radius 1 is 1.03 bits per heavy atom. The molecule has 29 heavy (non-hydrogen) atoms. The fourth-order valence-corrected chi connectivity index (χ4v) is 4.71. The number of rotatable bonds is 6. The van der Waals surface area contributed by atoms with Gasteiger partial charge in [-0.1, -0.05) is 12.5 Å². The fourth-order valence-electron chi connectivity index (χ4n) is 3.17. The molecule has 1 aliphatic rings. The highest BCUT2D eigenvalue weighted by atomic mass is 32.2. The van der Waals surface area contributed by atoms with E-state index in [4.69, 9.17) is 0 Å². The predicted octanol–water partition coefficient (Wildman–Crippen LogP) is 3.50. The van der Waals surface area contributed by atoms with Crippen molar-refractivity contribution in [3.05, 3.63) is 53.6 Å². The molecule has 1 fully saturated rings. The molecule has 156 valence electrons. The first kappa shape index (κ1) is 21.2. The third-order valence-electron chi connectivity index (χ3n) is 4.81. The van der Waals surface area contributed by atoms with Gasteiger partial charge in [0.25, 0.3) is 0 Å². The molecular formula is C20H23F2N3O3S. The zero-order chi connectivity index (χ0) is 21.0. The van der Waals surface area contributed by atoms with E-state index in [1.54, 1.807) is 19.1 Å². The zero-order valence-electron chi connectivity index (χ0n) is 16.0. The summed E-state index contributed by atoms with van der Waals surface area (Å²) in [5, 5.41) is 5.24. The van der Waals surface area contributed by atoms with Crippen molar-refractivity contribution in [2.75, 3.05) is 30.3 Å². The predicted molar refractivity (Wildman–Crippen MR) is 107 cm³/mol. The summed E-state index contributed by atoms with van der Waals surface area (Å²) in [4.78, 5) is 12.3. The Morgan fingerprint density at radius 3 is 2.45 bits per heavy atom.